The number of nitrogens with one attached hydrogen (secondary N) is 1. The molecule has 0 spiro atoms. The number of hydrogen-bond acceptors (Lipinski definition) is 5. The second-order valence-electron chi connectivity index (χ2n) is 4.49. The number of thiazole rings is 1. The Bertz CT molecular complexity index is 577. The zero-order valence-electron chi connectivity index (χ0n) is 11.3. The van der Waals surface area contributed by atoms with Gasteiger partial charge in [-0.25, -0.2) is 0 Å². The molecule has 2 heterocycles. The predicted octanol–water partition coefficient (Wildman–Crippen LogP) is 2.80. The van der Waals surface area contributed by atoms with Gasteiger partial charge in [0.25, 0.3) is 4.96 Å². The van der Waals surface area contributed by atoms with Crippen LogP contribution < -0.4 is 5.32 Å². The minimum atomic E-state index is -0.330. The van der Waals surface area contributed by atoms with Gasteiger partial charge in [0.15, 0.2) is 0 Å². The Morgan fingerprint density at radius 1 is 1.58 bits per heavy atom. The second kappa shape index (κ2) is 5.66. The van der Waals surface area contributed by atoms with Gasteiger partial charge in [-0.3, -0.25) is 0 Å². The molecule has 0 aliphatic heterocycles. The van der Waals surface area contributed by atoms with Crippen molar-refractivity contribution in [3.63, 3.8) is 0 Å². The fraction of sp³-hybridized carbons (Fsp3) is 0.583. The lowest BCUT2D eigenvalue weighted by Gasteiger charge is -2.21. The van der Waals surface area contributed by atoms with Gasteiger partial charge < -0.3 is 15.4 Å². The Morgan fingerprint density at radius 3 is 2.89 bits per heavy atom. The van der Waals surface area contributed by atoms with E-state index >= 15 is 0 Å². The molecule has 0 aromatic carbocycles. The van der Waals surface area contributed by atoms with Gasteiger partial charge in [-0.15, -0.1) is 0 Å². The summed E-state index contributed by atoms with van der Waals surface area (Å²) >= 11 is 1.42. The number of fused-ring (bicyclic) bond motifs is 1. The summed E-state index contributed by atoms with van der Waals surface area (Å²) in [4.78, 5) is 16.1. The van der Waals surface area contributed by atoms with E-state index < -0.39 is 0 Å². The molecule has 104 valence electrons. The lowest BCUT2D eigenvalue weighted by atomic mass is 9.94. The monoisotopic (exact) mass is 282 g/mol. The van der Waals surface area contributed by atoms with Crippen LogP contribution >= 0.6 is 11.3 Å². The number of nitrogens with zero attached hydrogens (tertiary/aromatic N) is 3. The van der Waals surface area contributed by atoms with Gasteiger partial charge in [0.1, 0.15) is 11.9 Å². The minimum absolute atomic E-state index is 0.0486. The van der Waals surface area contributed by atoms with Crippen molar-refractivity contribution in [2.24, 2.45) is 0 Å². The highest BCUT2D eigenvalue weighted by molar-refractivity contribution is 7.15. The molecule has 0 saturated carbocycles. The highest BCUT2D eigenvalue weighted by Gasteiger charge is 2.31. The molecule has 0 saturated heterocycles. The molecule has 0 amide bonds. The number of aromatic nitrogens is 2. The van der Waals surface area contributed by atoms with Crippen molar-refractivity contribution in [2.45, 2.75) is 39.2 Å². The fourth-order valence-corrected chi connectivity index (χ4v) is 3.18. The summed E-state index contributed by atoms with van der Waals surface area (Å²) in [6, 6.07) is 0.165. The van der Waals surface area contributed by atoms with Crippen LogP contribution in [0, 0.1) is 10.1 Å². The molecular weight excluding hydrogens is 264 g/mol. The van der Waals surface area contributed by atoms with E-state index in [1.54, 1.807) is 10.6 Å². The third kappa shape index (κ3) is 2.48. The number of rotatable bonds is 6. The average Bonchev–Trinajstić information content (AvgIpc) is 2.89. The van der Waals surface area contributed by atoms with E-state index in [2.05, 4.69) is 17.2 Å². The normalized spacial score (nSPS) is 14.7. The first kappa shape index (κ1) is 14.0. The zero-order chi connectivity index (χ0) is 14.0. The third-order valence-corrected chi connectivity index (χ3v) is 4.11. The molecule has 2 unspecified atom stereocenters. The summed E-state index contributed by atoms with van der Waals surface area (Å²) in [6.45, 7) is 6.96. The van der Waals surface area contributed by atoms with E-state index in [1.165, 1.54) is 11.3 Å². The van der Waals surface area contributed by atoms with Crippen molar-refractivity contribution in [3.05, 3.63) is 27.4 Å². The summed E-state index contributed by atoms with van der Waals surface area (Å²) in [5, 5.41) is 16.5. The van der Waals surface area contributed by atoms with Gasteiger partial charge in [0, 0.05) is 17.3 Å². The van der Waals surface area contributed by atoms with E-state index in [-0.39, 0.29) is 22.7 Å². The van der Waals surface area contributed by atoms with Gasteiger partial charge in [-0.1, -0.05) is 25.2 Å². The molecule has 2 aromatic rings. The number of imidazole rings is 1. The van der Waals surface area contributed by atoms with Crippen molar-refractivity contribution in [3.8, 4) is 0 Å². The zero-order valence-corrected chi connectivity index (χ0v) is 12.1. The summed E-state index contributed by atoms with van der Waals surface area (Å²) in [5.74, 6) is 0.153. The first-order valence-corrected chi connectivity index (χ1v) is 7.31. The molecule has 0 radical (unpaired) electrons. The lowest BCUT2D eigenvalue weighted by molar-refractivity contribution is -0.391. The van der Waals surface area contributed by atoms with Crippen molar-refractivity contribution in [2.75, 3.05) is 6.54 Å². The Balaban J connectivity index is 2.50. The van der Waals surface area contributed by atoms with Gasteiger partial charge in [-0.05, 0) is 24.8 Å². The number of likely N-dealkylation sites (N-methyl/N-ethyl adjacent to an activating group) is 1. The van der Waals surface area contributed by atoms with Crippen LogP contribution in [0.1, 0.15) is 38.8 Å². The Morgan fingerprint density at radius 2 is 2.32 bits per heavy atom. The molecule has 7 heteroatoms. The van der Waals surface area contributed by atoms with Gasteiger partial charge in [0.05, 0.1) is 0 Å². The Kier molecular flexibility index (Phi) is 4.16. The quantitative estimate of drug-likeness (QED) is 0.653. The van der Waals surface area contributed by atoms with Crippen LogP contribution in [0.4, 0.5) is 5.82 Å². The van der Waals surface area contributed by atoms with Crippen LogP contribution in [0.2, 0.25) is 0 Å². The highest BCUT2D eigenvalue weighted by atomic mass is 32.1. The maximum absolute atomic E-state index is 11.3. The van der Waals surface area contributed by atoms with Crippen LogP contribution in [0.5, 0.6) is 0 Å². The summed E-state index contributed by atoms with van der Waals surface area (Å²) < 4.78 is 1.57. The van der Waals surface area contributed by atoms with E-state index in [0.717, 1.165) is 13.0 Å². The van der Waals surface area contributed by atoms with E-state index in [0.29, 0.717) is 10.7 Å². The van der Waals surface area contributed by atoms with Gasteiger partial charge in [-0.2, -0.15) is 9.38 Å². The molecular formula is C12H18N4O2S. The molecule has 0 aliphatic carbocycles. The standard InChI is InChI=1S/C12H18N4O2S/c1-4-9(8(3)13-5-2)10-11(16(17)18)15-6-7-19-12(15)14-10/h6-9,13H,4-5H2,1-3H3. The summed E-state index contributed by atoms with van der Waals surface area (Å²) in [5.41, 5.74) is 0.591. The first-order chi connectivity index (χ1) is 9.10. The fourth-order valence-electron chi connectivity index (χ4n) is 2.47. The maximum atomic E-state index is 11.3. The van der Waals surface area contributed by atoms with Crippen LogP contribution in [0.25, 0.3) is 4.96 Å². The van der Waals surface area contributed by atoms with Crippen molar-refractivity contribution >= 4 is 22.1 Å². The average molecular weight is 282 g/mol. The van der Waals surface area contributed by atoms with Crippen molar-refractivity contribution in [1.29, 1.82) is 0 Å². The first-order valence-electron chi connectivity index (χ1n) is 6.43. The van der Waals surface area contributed by atoms with Gasteiger partial charge >= 0.3 is 5.82 Å². The summed E-state index contributed by atoms with van der Waals surface area (Å²) in [6.07, 6.45) is 2.53. The van der Waals surface area contributed by atoms with Crippen molar-refractivity contribution < 1.29 is 4.92 Å². The number of nitro groups is 1. The van der Waals surface area contributed by atoms with Gasteiger partial charge in [0.2, 0.25) is 0 Å². The minimum Gasteiger partial charge on any atom is -0.358 e. The smallest absolute Gasteiger partial charge is 0.352 e. The molecule has 0 bridgehead atoms. The SMILES string of the molecule is CCNC(C)C(CC)c1nc2sccn2c1[N+](=O)[O-]. The molecule has 1 N–H and O–H groups in total. The van der Waals surface area contributed by atoms with Crippen LogP contribution in [-0.4, -0.2) is 26.9 Å². The Hall–Kier alpha value is -1.47. The second-order valence-corrected chi connectivity index (χ2v) is 5.37. The molecule has 0 fully saturated rings. The molecule has 19 heavy (non-hydrogen) atoms. The third-order valence-electron chi connectivity index (χ3n) is 3.36. The maximum Gasteiger partial charge on any atom is 0.352 e. The van der Waals surface area contributed by atoms with Crippen LogP contribution in [0.15, 0.2) is 11.6 Å². The molecule has 6 nitrogen and oxygen atoms in total. The molecule has 2 aromatic heterocycles. The van der Waals surface area contributed by atoms with E-state index in [4.69, 9.17) is 0 Å². The lowest BCUT2D eigenvalue weighted by Crippen LogP contribution is -2.32. The highest BCUT2D eigenvalue weighted by Crippen LogP contribution is 2.33. The van der Waals surface area contributed by atoms with Crippen LogP contribution in [-0.2, 0) is 0 Å². The molecule has 0 aliphatic rings. The topological polar surface area (TPSA) is 72.5 Å². The predicted molar refractivity (Wildman–Crippen MR) is 75.9 cm³/mol. The van der Waals surface area contributed by atoms with Crippen molar-refractivity contribution in [1.82, 2.24) is 14.7 Å². The molecule has 2 atom stereocenters. The largest absolute Gasteiger partial charge is 0.358 e. The van der Waals surface area contributed by atoms with E-state index in [9.17, 15) is 10.1 Å². The van der Waals surface area contributed by atoms with Crippen LogP contribution in [0.3, 0.4) is 0 Å². The number of hydrogen-bond donors (Lipinski definition) is 1. The summed E-state index contributed by atoms with van der Waals surface area (Å²) in [7, 11) is 0. The Labute approximate surface area is 115 Å². The molecule has 2 rings (SSSR count). The van der Waals surface area contributed by atoms with E-state index in [1.807, 2.05) is 19.2 Å².